The molecule has 0 spiro atoms. The van der Waals surface area contributed by atoms with Gasteiger partial charge >= 0.3 is 122 Å². The second kappa shape index (κ2) is 15.8. The van der Waals surface area contributed by atoms with Crippen molar-refractivity contribution in [1.29, 1.82) is 0 Å². The van der Waals surface area contributed by atoms with Gasteiger partial charge < -0.3 is 17.2 Å². The van der Waals surface area contributed by atoms with E-state index in [4.69, 9.17) is 17.2 Å². The molecule has 0 fully saturated rings. The predicted octanol–water partition coefficient (Wildman–Crippen LogP) is 7.70. The molecule has 3 nitrogen and oxygen atoms in total. The SMILES string of the molecule is CC(C)[NH-].CC(C)[NH-].CC(C)[NH-].F[C](F)(F)[Ge]([c-]1cccc1)([C](F)(F)F)[C](F)(F)F.[Hf+4]. The Morgan fingerprint density at radius 1 is 0.581 bits per heavy atom. The van der Waals surface area contributed by atoms with Gasteiger partial charge in [-0.3, -0.25) is 0 Å². The molecule has 1 aromatic rings. The summed E-state index contributed by atoms with van der Waals surface area (Å²) in [6.07, 6.45) is 0. The molecule has 0 saturated heterocycles. The van der Waals surface area contributed by atoms with Crippen molar-refractivity contribution in [3.63, 3.8) is 0 Å². The van der Waals surface area contributed by atoms with E-state index in [0.29, 0.717) is 0 Å². The fourth-order valence-electron chi connectivity index (χ4n) is 1.60. The van der Waals surface area contributed by atoms with Gasteiger partial charge in [0.05, 0.1) is 0 Å². The van der Waals surface area contributed by atoms with Gasteiger partial charge in [-0.1, -0.05) is 41.5 Å². The average molecular weight is 697 g/mol. The van der Waals surface area contributed by atoms with Crippen LogP contribution in [0.5, 0.6) is 0 Å². The molecular weight excluding hydrogens is 668 g/mol. The summed E-state index contributed by atoms with van der Waals surface area (Å²) < 4.78 is 111. The number of rotatable bonds is 1. The van der Waals surface area contributed by atoms with Crippen LogP contribution in [-0.2, 0) is 25.8 Å². The third kappa shape index (κ3) is 14.7. The predicted molar refractivity (Wildman–Crippen MR) is 104 cm³/mol. The van der Waals surface area contributed by atoms with Gasteiger partial charge in [0.1, 0.15) is 0 Å². The summed E-state index contributed by atoms with van der Waals surface area (Å²) in [5.74, 6) is 0. The molecule has 0 amide bonds. The van der Waals surface area contributed by atoms with Crippen LogP contribution in [0.3, 0.4) is 0 Å². The zero-order chi connectivity index (χ0) is 25.1. The third-order valence-corrected chi connectivity index (χ3v) is 10.2. The topological polar surface area (TPSA) is 71.4 Å². The summed E-state index contributed by atoms with van der Waals surface area (Å²) in [4.78, 5) is 0. The van der Waals surface area contributed by atoms with Crippen molar-refractivity contribution in [2.75, 3.05) is 0 Å². The molecule has 0 radical (unpaired) electrons. The van der Waals surface area contributed by atoms with Crippen molar-refractivity contribution >= 4 is 17.7 Å². The second-order valence-corrected chi connectivity index (χ2v) is 14.8. The van der Waals surface area contributed by atoms with Crippen LogP contribution in [0.25, 0.3) is 17.2 Å². The van der Waals surface area contributed by atoms with Crippen LogP contribution in [0.1, 0.15) is 41.5 Å². The van der Waals surface area contributed by atoms with Crippen LogP contribution < -0.4 is 4.40 Å². The van der Waals surface area contributed by atoms with Crippen LogP contribution >= 0.6 is 0 Å². The average Bonchev–Trinajstić information content (AvgIpc) is 2.84. The summed E-state index contributed by atoms with van der Waals surface area (Å²) in [6, 6.07) is 2.15. The Bertz CT molecular complexity index is 482. The molecule has 3 N–H and O–H groups in total. The van der Waals surface area contributed by atoms with Crippen LogP contribution in [-0.4, -0.2) is 46.4 Å². The maximum absolute atomic E-state index is 12.6. The Kier molecular flexibility index (Phi) is 19.5. The van der Waals surface area contributed by atoms with Gasteiger partial charge in [0, 0.05) is 0 Å². The molecule has 0 unspecified atom stereocenters. The smallest absolute Gasteiger partial charge is 4.00 e. The minimum absolute atomic E-state index is 0. The molecule has 1 rings (SSSR count). The van der Waals surface area contributed by atoms with E-state index in [1.807, 2.05) is 41.5 Å². The molecule has 0 bridgehead atoms. The van der Waals surface area contributed by atoms with Crippen molar-refractivity contribution < 1.29 is 65.4 Å². The van der Waals surface area contributed by atoms with E-state index in [0.717, 1.165) is 12.1 Å². The van der Waals surface area contributed by atoms with Crippen molar-refractivity contribution in [2.45, 2.75) is 74.7 Å². The quantitative estimate of drug-likeness (QED) is 0.164. The molecule has 0 atom stereocenters. The number of alkyl halides is 9. The number of nitrogens with one attached hydrogen (secondary N) is 3. The van der Waals surface area contributed by atoms with E-state index >= 15 is 0 Å². The molecule has 0 aliphatic carbocycles. The molecule has 182 valence electrons. The maximum atomic E-state index is 12.6. The Hall–Kier alpha value is 0.0130. The maximum Gasteiger partial charge on any atom is 4.00 e. The summed E-state index contributed by atoms with van der Waals surface area (Å²) in [7, 11) is 0. The second-order valence-electron chi connectivity index (χ2n) is 6.88. The largest absolute Gasteiger partial charge is 4.00 e. The molecule has 0 aliphatic rings. The van der Waals surface area contributed by atoms with Gasteiger partial charge in [-0.05, 0) is 0 Å². The van der Waals surface area contributed by atoms with Crippen molar-refractivity contribution in [2.24, 2.45) is 0 Å². The Morgan fingerprint density at radius 3 is 0.871 bits per heavy atom. The summed E-state index contributed by atoms with van der Waals surface area (Å²) in [6.45, 7) is 11.0. The molecular formula is C17H28F9GeHfN3. The summed E-state index contributed by atoms with van der Waals surface area (Å²) >= 11 is -8.38. The van der Waals surface area contributed by atoms with Crippen molar-refractivity contribution in [1.82, 2.24) is 0 Å². The Labute approximate surface area is 198 Å². The number of hydrogen-bond donors (Lipinski definition) is 0. The summed E-state index contributed by atoms with van der Waals surface area (Å²) in [5.41, 5.74) is 19.8. The molecule has 14 heteroatoms. The number of halogens is 9. The van der Waals surface area contributed by atoms with E-state index in [1.165, 1.54) is 0 Å². The third-order valence-electron chi connectivity index (χ3n) is 2.37. The van der Waals surface area contributed by atoms with E-state index in [9.17, 15) is 39.5 Å². The Morgan fingerprint density at radius 2 is 0.742 bits per heavy atom. The van der Waals surface area contributed by atoms with Crippen LogP contribution in [0, 0.1) is 0 Å². The first-order valence-electron chi connectivity index (χ1n) is 8.61. The van der Waals surface area contributed by atoms with Crippen LogP contribution in [0.2, 0.25) is 0 Å². The van der Waals surface area contributed by atoms with E-state index in [1.54, 1.807) is 0 Å². The minimum atomic E-state index is -8.38. The normalized spacial score (nSPS) is 12.2. The van der Waals surface area contributed by atoms with E-state index in [-0.39, 0.29) is 56.1 Å². The molecule has 1 aromatic carbocycles. The first-order valence-corrected chi connectivity index (χ1v) is 12.8. The van der Waals surface area contributed by atoms with E-state index in [2.05, 4.69) is 0 Å². The molecule has 0 aliphatic heterocycles. The molecule has 0 heterocycles. The van der Waals surface area contributed by atoms with Crippen LogP contribution in [0.15, 0.2) is 24.3 Å². The van der Waals surface area contributed by atoms with Gasteiger partial charge in [-0.2, -0.15) is 0 Å². The monoisotopic (exact) mass is 699 g/mol. The zero-order valence-corrected chi connectivity index (χ0v) is 23.6. The van der Waals surface area contributed by atoms with Gasteiger partial charge in [0.25, 0.3) is 0 Å². The van der Waals surface area contributed by atoms with Gasteiger partial charge in [0.2, 0.25) is 0 Å². The van der Waals surface area contributed by atoms with Crippen molar-refractivity contribution in [3.8, 4) is 0 Å². The molecule has 31 heavy (non-hydrogen) atoms. The fraction of sp³-hybridized carbons (Fsp3) is 0.706. The van der Waals surface area contributed by atoms with Gasteiger partial charge in [-0.15, -0.1) is 18.1 Å². The standard InChI is InChI=1S/C8H4F9Ge.3C3H8N.Hf/c9-6(10,11)18(7(12,13)14,8(15,16)17)5-3-1-2-4-5;3*1-3(2)4;/h1-4H;3*3-4H,1-2H3;/q4*-1;+4. The van der Waals surface area contributed by atoms with Gasteiger partial charge in [0.15, 0.2) is 0 Å². The molecule has 0 saturated carbocycles. The van der Waals surface area contributed by atoms with Gasteiger partial charge in [-0.25, -0.2) is 0 Å². The Balaban J connectivity index is -0.000000232. The zero-order valence-electron chi connectivity index (χ0n) is 17.9. The minimum Gasteiger partial charge on any atom is 4.00 e. The first kappa shape index (κ1) is 38.3. The first-order chi connectivity index (χ1) is 13.1. The fourth-order valence-corrected chi connectivity index (χ4v) is 7.13. The number of hydrogen-bond acceptors (Lipinski definition) is 0. The van der Waals surface area contributed by atoms with Crippen LogP contribution in [0.4, 0.5) is 39.5 Å². The van der Waals surface area contributed by atoms with Crippen molar-refractivity contribution in [3.05, 3.63) is 41.5 Å². The summed E-state index contributed by atoms with van der Waals surface area (Å²) in [5, 5.41) is -19.1. The van der Waals surface area contributed by atoms with E-state index < -0.39 is 32.7 Å². The molecule has 0 aromatic heterocycles.